The fraction of sp³-hybridized carbons (Fsp3) is 0.364. The maximum atomic E-state index is 5.48. The summed E-state index contributed by atoms with van der Waals surface area (Å²) in [6.45, 7) is 9.01. The molecule has 0 unspecified atom stereocenters. The minimum atomic E-state index is 0.600. The van der Waals surface area contributed by atoms with E-state index in [1.165, 1.54) is 16.8 Å². The van der Waals surface area contributed by atoms with Crippen LogP contribution in [0.3, 0.4) is 0 Å². The molecule has 1 aliphatic rings. The molecule has 0 N–H and O–H groups in total. The van der Waals surface area contributed by atoms with Crippen LogP contribution in [0.4, 0.5) is 5.69 Å². The molecule has 3 aromatic rings. The van der Waals surface area contributed by atoms with Crippen molar-refractivity contribution in [3.8, 4) is 17.1 Å². The molecule has 6 heteroatoms. The maximum absolute atomic E-state index is 5.48. The molecule has 0 aliphatic carbocycles. The molecule has 28 heavy (non-hydrogen) atoms. The van der Waals surface area contributed by atoms with Gasteiger partial charge in [-0.1, -0.05) is 29.4 Å². The van der Waals surface area contributed by atoms with Crippen molar-refractivity contribution in [3.05, 3.63) is 59.5 Å². The number of aryl methyl sites for hydroxylation is 1. The fourth-order valence-corrected chi connectivity index (χ4v) is 3.61. The molecular weight excluding hydrogens is 352 g/mol. The van der Waals surface area contributed by atoms with Gasteiger partial charge in [0.05, 0.1) is 13.7 Å². The average Bonchev–Trinajstić information content (AvgIpc) is 3.19. The van der Waals surface area contributed by atoms with E-state index in [0.717, 1.165) is 37.5 Å². The third-order valence-electron chi connectivity index (χ3n) is 5.44. The minimum absolute atomic E-state index is 0.600. The Kier molecular flexibility index (Phi) is 5.30. The van der Waals surface area contributed by atoms with Crippen molar-refractivity contribution in [2.75, 3.05) is 38.2 Å². The Balaban J connectivity index is 1.38. The first-order valence-corrected chi connectivity index (χ1v) is 9.64. The molecular formula is C22H26N4O2. The lowest BCUT2D eigenvalue weighted by Gasteiger charge is -2.36. The number of anilines is 1. The summed E-state index contributed by atoms with van der Waals surface area (Å²) in [5.41, 5.74) is 4.96. The summed E-state index contributed by atoms with van der Waals surface area (Å²) in [5.74, 6) is 2.03. The number of hydrogen-bond acceptors (Lipinski definition) is 6. The number of aromatic nitrogens is 2. The number of nitrogens with zero attached hydrogens (tertiary/aromatic N) is 4. The van der Waals surface area contributed by atoms with Crippen molar-refractivity contribution >= 4 is 5.69 Å². The Hall–Kier alpha value is -2.86. The normalized spacial score (nSPS) is 15.0. The molecule has 0 bridgehead atoms. The second-order valence-corrected chi connectivity index (χ2v) is 7.23. The van der Waals surface area contributed by atoms with Gasteiger partial charge in [0.15, 0.2) is 0 Å². The first kappa shape index (κ1) is 18.5. The summed E-state index contributed by atoms with van der Waals surface area (Å²) in [6, 6.07) is 14.2. The van der Waals surface area contributed by atoms with Crippen molar-refractivity contribution in [2.24, 2.45) is 0 Å². The van der Waals surface area contributed by atoms with Crippen molar-refractivity contribution in [1.82, 2.24) is 15.0 Å². The summed E-state index contributed by atoms with van der Waals surface area (Å²) in [5, 5.41) is 4.13. The predicted molar refractivity (Wildman–Crippen MR) is 110 cm³/mol. The van der Waals surface area contributed by atoms with Gasteiger partial charge in [0.2, 0.25) is 11.7 Å². The molecule has 0 amide bonds. The van der Waals surface area contributed by atoms with Crippen molar-refractivity contribution < 1.29 is 9.26 Å². The third kappa shape index (κ3) is 3.87. The topological polar surface area (TPSA) is 54.6 Å². The van der Waals surface area contributed by atoms with Gasteiger partial charge in [-0.05, 0) is 43.2 Å². The second kappa shape index (κ2) is 8.02. The molecule has 0 saturated carbocycles. The Bertz CT molecular complexity index is 945. The van der Waals surface area contributed by atoms with E-state index in [2.05, 4.69) is 52.0 Å². The van der Waals surface area contributed by atoms with Crippen molar-refractivity contribution in [1.29, 1.82) is 0 Å². The molecule has 4 rings (SSSR count). The van der Waals surface area contributed by atoms with Crippen LogP contribution in [0.2, 0.25) is 0 Å². The SMILES string of the molecule is COc1cccc(-c2noc(CN3CCN(c4cccc(C)c4C)CC3)n2)c1. The molecule has 1 saturated heterocycles. The van der Waals surface area contributed by atoms with Gasteiger partial charge in [-0.25, -0.2) is 0 Å². The standard InChI is InChI=1S/C22H26N4O2/c1-16-6-4-9-20(17(16)2)26-12-10-25(11-13-26)15-21-23-22(24-28-21)18-7-5-8-19(14-18)27-3/h4-9,14H,10-13,15H2,1-3H3. The minimum Gasteiger partial charge on any atom is -0.497 e. The van der Waals surface area contributed by atoms with Crippen LogP contribution in [-0.4, -0.2) is 48.3 Å². The summed E-state index contributed by atoms with van der Waals surface area (Å²) < 4.78 is 10.8. The highest BCUT2D eigenvalue weighted by Gasteiger charge is 2.21. The van der Waals surface area contributed by atoms with E-state index in [1.54, 1.807) is 7.11 Å². The van der Waals surface area contributed by atoms with Gasteiger partial charge in [0.1, 0.15) is 5.75 Å². The maximum Gasteiger partial charge on any atom is 0.241 e. The summed E-state index contributed by atoms with van der Waals surface area (Å²) in [6.07, 6.45) is 0. The molecule has 1 aromatic heterocycles. The zero-order valence-electron chi connectivity index (χ0n) is 16.7. The average molecular weight is 378 g/mol. The number of rotatable bonds is 5. The van der Waals surface area contributed by atoms with E-state index in [9.17, 15) is 0 Å². The Morgan fingerprint density at radius 3 is 2.61 bits per heavy atom. The van der Waals surface area contributed by atoms with Gasteiger partial charge in [0.25, 0.3) is 0 Å². The summed E-state index contributed by atoms with van der Waals surface area (Å²) in [4.78, 5) is 9.40. The smallest absolute Gasteiger partial charge is 0.241 e. The lowest BCUT2D eigenvalue weighted by molar-refractivity contribution is 0.215. The molecule has 1 fully saturated rings. The molecule has 0 radical (unpaired) electrons. The van der Waals surface area contributed by atoms with Crippen LogP contribution >= 0.6 is 0 Å². The number of piperazine rings is 1. The zero-order valence-corrected chi connectivity index (χ0v) is 16.7. The quantitative estimate of drug-likeness (QED) is 0.675. The highest BCUT2D eigenvalue weighted by Crippen LogP contribution is 2.25. The van der Waals surface area contributed by atoms with E-state index in [4.69, 9.17) is 9.26 Å². The highest BCUT2D eigenvalue weighted by atomic mass is 16.5. The van der Waals surface area contributed by atoms with Gasteiger partial charge in [0, 0.05) is 37.4 Å². The summed E-state index contributed by atoms with van der Waals surface area (Å²) in [7, 11) is 1.65. The lowest BCUT2D eigenvalue weighted by atomic mass is 10.1. The highest BCUT2D eigenvalue weighted by molar-refractivity contribution is 5.57. The lowest BCUT2D eigenvalue weighted by Crippen LogP contribution is -2.46. The molecule has 2 heterocycles. The van der Waals surface area contributed by atoms with Crippen LogP contribution in [0.25, 0.3) is 11.4 Å². The van der Waals surface area contributed by atoms with E-state index in [0.29, 0.717) is 18.3 Å². The first-order chi connectivity index (χ1) is 13.6. The van der Waals surface area contributed by atoms with E-state index in [1.807, 2.05) is 24.3 Å². The molecule has 146 valence electrons. The van der Waals surface area contributed by atoms with Crippen LogP contribution in [-0.2, 0) is 6.54 Å². The van der Waals surface area contributed by atoms with Crippen molar-refractivity contribution in [3.63, 3.8) is 0 Å². The van der Waals surface area contributed by atoms with Crippen molar-refractivity contribution in [2.45, 2.75) is 20.4 Å². The van der Waals surface area contributed by atoms with E-state index in [-0.39, 0.29) is 0 Å². The van der Waals surface area contributed by atoms with Crippen LogP contribution in [0.5, 0.6) is 5.75 Å². The Labute approximate surface area is 165 Å². The largest absolute Gasteiger partial charge is 0.497 e. The van der Waals surface area contributed by atoms with Gasteiger partial charge >= 0.3 is 0 Å². The molecule has 0 atom stereocenters. The zero-order chi connectivity index (χ0) is 19.5. The Morgan fingerprint density at radius 2 is 1.82 bits per heavy atom. The van der Waals surface area contributed by atoms with Gasteiger partial charge in [-0.15, -0.1) is 0 Å². The van der Waals surface area contributed by atoms with Crippen LogP contribution in [0, 0.1) is 13.8 Å². The predicted octanol–water partition coefficient (Wildman–Crippen LogP) is 3.68. The monoisotopic (exact) mass is 378 g/mol. The first-order valence-electron chi connectivity index (χ1n) is 9.64. The number of methoxy groups -OCH3 is 1. The Morgan fingerprint density at radius 1 is 1.04 bits per heavy atom. The molecule has 2 aromatic carbocycles. The summed E-state index contributed by atoms with van der Waals surface area (Å²) >= 11 is 0. The van der Waals surface area contributed by atoms with E-state index >= 15 is 0 Å². The second-order valence-electron chi connectivity index (χ2n) is 7.23. The molecule has 0 spiro atoms. The number of ether oxygens (including phenoxy) is 1. The van der Waals surface area contributed by atoms with Gasteiger partial charge in [-0.2, -0.15) is 4.98 Å². The van der Waals surface area contributed by atoms with E-state index < -0.39 is 0 Å². The fourth-order valence-electron chi connectivity index (χ4n) is 3.61. The van der Waals surface area contributed by atoms with Crippen LogP contribution < -0.4 is 9.64 Å². The molecule has 6 nitrogen and oxygen atoms in total. The van der Waals surface area contributed by atoms with Crippen LogP contribution in [0.1, 0.15) is 17.0 Å². The molecule has 1 aliphatic heterocycles. The van der Waals surface area contributed by atoms with Gasteiger partial charge in [-0.3, -0.25) is 4.90 Å². The number of benzene rings is 2. The third-order valence-corrected chi connectivity index (χ3v) is 5.44. The van der Waals surface area contributed by atoms with Gasteiger partial charge < -0.3 is 14.2 Å². The number of hydrogen-bond donors (Lipinski definition) is 0. The van der Waals surface area contributed by atoms with Crippen LogP contribution in [0.15, 0.2) is 47.0 Å².